The zero-order valence-corrected chi connectivity index (χ0v) is 17.0. The van der Waals surface area contributed by atoms with E-state index < -0.39 is 36.2 Å². The summed E-state index contributed by atoms with van der Waals surface area (Å²) in [5.41, 5.74) is 2.61. The molecule has 5 nitrogen and oxygen atoms in total. The molecule has 0 spiro atoms. The number of carbonyl (C=O) groups excluding carboxylic acids is 2. The van der Waals surface area contributed by atoms with Crippen molar-refractivity contribution >= 4 is 22.8 Å². The molecule has 0 saturated carbocycles. The van der Waals surface area contributed by atoms with Gasteiger partial charge in [-0.25, -0.2) is 13.6 Å². The minimum atomic E-state index is -0.759. The number of esters is 1. The number of halogens is 2. The molecule has 0 aliphatic carbocycles. The van der Waals surface area contributed by atoms with Crippen LogP contribution < -0.4 is 5.32 Å². The van der Waals surface area contributed by atoms with Crippen LogP contribution in [0.1, 0.15) is 47.1 Å². The van der Waals surface area contributed by atoms with Gasteiger partial charge < -0.3 is 10.1 Å². The number of benzene rings is 2. The van der Waals surface area contributed by atoms with Gasteiger partial charge in [-0.2, -0.15) is 0 Å². The second-order valence-corrected chi connectivity index (χ2v) is 6.96. The van der Waals surface area contributed by atoms with Crippen LogP contribution in [0.15, 0.2) is 42.5 Å². The normalized spacial score (nSPS) is 11.9. The van der Waals surface area contributed by atoms with Gasteiger partial charge in [0.2, 0.25) is 0 Å². The number of nitrogens with zero attached hydrogens (tertiary/aromatic N) is 1. The zero-order valence-electron chi connectivity index (χ0n) is 17.0. The van der Waals surface area contributed by atoms with E-state index in [1.807, 2.05) is 38.1 Å². The molecular weight excluding hydrogens is 390 g/mol. The number of hydrogen-bond donors (Lipinski definition) is 1. The second-order valence-electron chi connectivity index (χ2n) is 6.96. The lowest BCUT2D eigenvalue weighted by Gasteiger charge is -2.16. The van der Waals surface area contributed by atoms with E-state index in [0.29, 0.717) is 17.7 Å². The first kappa shape index (κ1) is 21.4. The van der Waals surface area contributed by atoms with Crippen LogP contribution >= 0.6 is 0 Å². The Balaban J connectivity index is 1.71. The molecule has 0 unspecified atom stereocenters. The topological polar surface area (TPSA) is 68.3 Å². The molecule has 0 bridgehead atoms. The molecule has 1 heterocycles. The van der Waals surface area contributed by atoms with E-state index in [1.54, 1.807) is 6.92 Å². The van der Waals surface area contributed by atoms with Crippen LogP contribution in [0.5, 0.6) is 0 Å². The number of pyridine rings is 1. The molecule has 1 N–H and O–H groups in total. The number of amides is 1. The van der Waals surface area contributed by atoms with Crippen molar-refractivity contribution < 1.29 is 23.1 Å². The van der Waals surface area contributed by atoms with E-state index in [9.17, 15) is 18.4 Å². The maximum atomic E-state index is 13.9. The zero-order chi connectivity index (χ0) is 21.8. The molecule has 2 aromatic carbocycles. The quantitative estimate of drug-likeness (QED) is 0.609. The van der Waals surface area contributed by atoms with Gasteiger partial charge in [0.15, 0.2) is 6.61 Å². The summed E-state index contributed by atoms with van der Waals surface area (Å²) in [6.07, 6.45) is 0.531. The molecular formula is C23H22F2N2O3. The van der Waals surface area contributed by atoms with Gasteiger partial charge in [0, 0.05) is 17.0 Å². The third kappa shape index (κ3) is 4.45. The summed E-state index contributed by atoms with van der Waals surface area (Å²) in [6, 6.07) is 9.90. The highest BCUT2D eigenvalue weighted by Gasteiger charge is 2.21. The fraction of sp³-hybridized carbons (Fsp3) is 0.261. The Kier molecular flexibility index (Phi) is 6.40. The Morgan fingerprint density at radius 3 is 2.60 bits per heavy atom. The summed E-state index contributed by atoms with van der Waals surface area (Å²) in [5.74, 6) is -2.69. The van der Waals surface area contributed by atoms with E-state index >= 15 is 0 Å². The number of nitrogens with one attached hydrogen (secondary N) is 1. The molecule has 156 valence electrons. The number of rotatable bonds is 6. The molecule has 30 heavy (non-hydrogen) atoms. The van der Waals surface area contributed by atoms with Crippen molar-refractivity contribution in [2.75, 3.05) is 6.61 Å². The summed E-state index contributed by atoms with van der Waals surface area (Å²) in [4.78, 5) is 29.4. The van der Waals surface area contributed by atoms with E-state index in [4.69, 9.17) is 4.74 Å². The molecule has 7 heteroatoms. The highest BCUT2D eigenvalue weighted by atomic mass is 19.1. The highest BCUT2D eigenvalue weighted by molar-refractivity contribution is 5.99. The van der Waals surface area contributed by atoms with Crippen molar-refractivity contribution in [2.45, 2.75) is 33.2 Å². The van der Waals surface area contributed by atoms with E-state index in [0.717, 1.165) is 28.6 Å². The van der Waals surface area contributed by atoms with Gasteiger partial charge in [0.05, 0.1) is 22.8 Å². The van der Waals surface area contributed by atoms with Crippen LogP contribution in [0, 0.1) is 18.6 Å². The molecule has 0 radical (unpaired) electrons. The molecule has 1 atom stereocenters. The monoisotopic (exact) mass is 412 g/mol. The molecule has 1 aromatic heterocycles. The highest BCUT2D eigenvalue weighted by Crippen LogP contribution is 2.24. The maximum absolute atomic E-state index is 13.9. The molecule has 0 aliphatic rings. The van der Waals surface area contributed by atoms with Gasteiger partial charge in [-0.1, -0.05) is 31.2 Å². The van der Waals surface area contributed by atoms with E-state index in [-0.39, 0.29) is 5.56 Å². The Morgan fingerprint density at radius 1 is 1.17 bits per heavy atom. The van der Waals surface area contributed by atoms with Crippen LogP contribution in [0.2, 0.25) is 0 Å². The smallest absolute Gasteiger partial charge is 0.340 e. The summed E-state index contributed by atoms with van der Waals surface area (Å²) >= 11 is 0. The van der Waals surface area contributed by atoms with Gasteiger partial charge in [-0.3, -0.25) is 9.78 Å². The summed E-state index contributed by atoms with van der Waals surface area (Å²) in [7, 11) is 0. The molecule has 1 amide bonds. The van der Waals surface area contributed by atoms with Crippen molar-refractivity contribution in [1.82, 2.24) is 10.3 Å². The van der Waals surface area contributed by atoms with Crippen molar-refractivity contribution in [3.63, 3.8) is 0 Å². The van der Waals surface area contributed by atoms with Crippen LogP contribution in [0.25, 0.3) is 10.9 Å². The van der Waals surface area contributed by atoms with Crippen molar-refractivity contribution in [3.05, 3.63) is 76.5 Å². The third-order valence-corrected chi connectivity index (χ3v) is 4.91. The van der Waals surface area contributed by atoms with Crippen LogP contribution in [0.4, 0.5) is 8.78 Å². The van der Waals surface area contributed by atoms with Gasteiger partial charge in [0.1, 0.15) is 11.6 Å². The number of aryl methyl sites for hydroxylation is 2. The minimum absolute atomic E-state index is 0.138. The predicted molar refractivity (Wildman–Crippen MR) is 109 cm³/mol. The van der Waals surface area contributed by atoms with Crippen molar-refractivity contribution in [1.29, 1.82) is 0 Å². The minimum Gasteiger partial charge on any atom is -0.452 e. The lowest BCUT2D eigenvalue weighted by molar-refractivity contribution is -0.124. The Labute approximate surface area is 173 Å². The van der Waals surface area contributed by atoms with E-state index in [1.165, 1.54) is 6.07 Å². The lowest BCUT2D eigenvalue weighted by atomic mass is 10.0. The molecule has 0 saturated heterocycles. The standard InChI is InChI=1S/C23H22F2N2O3/c1-4-19-22(13(2)16-7-5-6-8-20(16)27-19)23(29)30-12-21(28)26-14(3)17-10-9-15(24)11-18(17)25/h5-11,14H,4,12H2,1-3H3,(H,26,28)/t14-/m1/s1. The molecule has 0 aliphatic heterocycles. The fourth-order valence-electron chi connectivity index (χ4n) is 3.38. The molecule has 3 rings (SSSR count). The average molecular weight is 412 g/mol. The SMILES string of the molecule is CCc1nc2ccccc2c(C)c1C(=O)OCC(=O)N[C@H](C)c1ccc(F)cc1F. The molecule has 0 fully saturated rings. The van der Waals surface area contributed by atoms with Crippen LogP contribution in [-0.2, 0) is 16.0 Å². The number of fused-ring (bicyclic) bond motifs is 1. The predicted octanol–water partition coefficient (Wildman–Crippen LogP) is 4.42. The average Bonchev–Trinajstić information content (AvgIpc) is 2.71. The largest absolute Gasteiger partial charge is 0.452 e. The number of aromatic nitrogens is 1. The molecule has 3 aromatic rings. The fourth-order valence-corrected chi connectivity index (χ4v) is 3.38. The first-order chi connectivity index (χ1) is 14.3. The van der Waals surface area contributed by atoms with Crippen molar-refractivity contribution in [3.8, 4) is 0 Å². The summed E-state index contributed by atoms with van der Waals surface area (Å²) in [5, 5.41) is 3.38. The second kappa shape index (κ2) is 8.98. The Hall–Kier alpha value is -3.35. The van der Waals surface area contributed by atoms with Crippen molar-refractivity contribution in [2.24, 2.45) is 0 Å². The Bertz CT molecular complexity index is 1120. The van der Waals surface area contributed by atoms with Crippen LogP contribution in [0.3, 0.4) is 0 Å². The lowest BCUT2D eigenvalue weighted by Crippen LogP contribution is -2.31. The number of carbonyl (C=O) groups is 2. The summed E-state index contributed by atoms with van der Waals surface area (Å²) in [6.45, 7) is 4.74. The van der Waals surface area contributed by atoms with Gasteiger partial charge in [0.25, 0.3) is 5.91 Å². The van der Waals surface area contributed by atoms with Gasteiger partial charge in [-0.15, -0.1) is 0 Å². The number of hydrogen-bond acceptors (Lipinski definition) is 4. The van der Waals surface area contributed by atoms with E-state index in [2.05, 4.69) is 10.3 Å². The number of para-hydroxylation sites is 1. The Morgan fingerprint density at radius 2 is 1.90 bits per heavy atom. The van der Waals surface area contributed by atoms with Crippen LogP contribution in [-0.4, -0.2) is 23.5 Å². The first-order valence-electron chi connectivity index (χ1n) is 9.61. The van der Waals surface area contributed by atoms with Gasteiger partial charge >= 0.3 is 5.97 Å². The number of ether oxygens (including phenoxy) is 1. The summed E-state index contributed by atoms with van der Waals surface area (Å²) < 4.78 is 32.1. The first-order valence-corrected chi connectivity index (χ1v) is 9.61. The maximum Gasteiger partial charge on any atom is 0.340 e. The third-order valence-electron chi connectivity index (χ3n) is 4.91. The van der Waals surface area contributed by atoms with Gasteiger partial charge in [-0.05, 0) is 38.0 Å².